The number of sulfonamides is 1. The second-order valence-corrected chi connectivity index (χ2v) is 6.36. The van der Waals surface area contributed by atoms with E-state index < -0.39 is 10.0 Å². The summed E-state index contributed by atoms with van der Waals surface area (Å²) in [6.45, 7) is 1.85. The lowest BCUT2D eigenvalue weighted by atomic mass is 10.2. The van der Waals surface area contributed by atoms with Crippen molar-refractivity contribution in [1.82, 2.24) is 4.72 Å². The summed E-state index contributed by atoms with van der Waals surface area (Å²) >= 11 is 3.22. The van der Waals surface area contributed by atoms with Crippen molar-refractivity contribution in [3.05, 3.63) is 28.7 Å². The van der Waals surface area contributed by atoms with Gasteiger partial charge in [-0.1, -0.05) is 12.1 Å². The van der Waals surface area contributed by atoms with E-state index in [1.54, 1.807) is 31.2 Å². The Bertz CT molecular complexity index is 462. The molecule has 0 amide bonds. The summed E-state index contributed by atoms with van der Waals surface area (Å²) in [5, 5.41) is 8.69. The van der Waals surface area contributed by atoms with Gasteiger partial charge in [-0.05, 0) is 47.8 Å². The Labute approximate surface area is 110 Å². The van der Waals surface area contributed by atoms with E-state index in [9.17, 15) is 8.42 Å². The zero-order valence-corrected chi connectivity index (χ0v) is 12.0. The molecule has 0 aromatic heterocycles. The summed E-state index contributed by atoms with van der Waals surface area (Å²) < 4.78 is 27.2. The van der Waals surface area contributed by atoms with E-state index in [0.29, 0.717) is 17.3 Å². The maximum absolute atomic E-state index is 12.0. The standard InChI is InChI=1S/C11H16BrNO3S/c1-9(5-4-8-14)13-17(15,16)11-7-3-2-6-10(11)12/h2-3,6-7,9,13-14H,4-5,8H2,1H3. The molecule has 2 N–H and O–H groups in total. The third-order valence-corrected chi connectivity index (χ3v) is 4.88. The molecule has 1 rings (SSSR count). The quantitative estimate of drug-likeness (QED) is 0.840. The minimum absolute atomic E-state index is 0.0705. The monoisotopic (exact) mass is 321 g/mol. The van der Waals surface area contributed by atoms with Crippen LogP contribution in [0.2, 0.25) is 0 Å². The Hall–Kier alpha value is -0.430. The van der Waals surface area contributed by atoms with E-state index in [-0.39, 0.29) is 17.5 Å². The van der Waals surface area contributed by atoms with E-state index in [1.807, 2.05) is 0 Å². The number of rotatable bonds is 6. The molecule has 0 aliphatic heterocycles. The van der Waals surface area contributed by atoms with Crippen molar-refractivity contribution in [3.8, 4) is 0 Å². The molecule has 96 valence electrons. The van der Waals surface area contributed by atoms with Gasteiger partial charge in [0, 0.05) is 17.1 Å². The van der Waals surface area contributed by atoms with E-state index in [2.05, 4.69) is 20.7 Å². The Kier molecular flexibility index (Phi) is 5.58. The highest BCUT2D eigenvalue weighted by Gasteiger charge is 2.19. The summed E-state index contributed by atoms with van der Waals surface area (Å²) in [6.07, 6.45) is 1.19. The molecule has 0 saturated heterocycles. The second kappa shape index (κ2) is 6.49. The fourth-order valence-corrected chi connectivity index (χ4v) is 3.73. The van der Waals surface area contributed by atoms with Gasteiger partial charge < -0.3 is 5.11 Å². The van der Waals surface area contributed by atoms with Crippen LogP contribution in [0.1, 0.15) is 19.8 Å². The van der Waals surface area contributed by atoms with E-state index in [1.165, 1.54) is 0 Å². The molecule has 0 radical (unpaired) electrons. The van der Waals surface area contributed by atoms with Crippen LogP contribution in [-0.4, -0.2) is 26.2 Å². The molecule has 0 aliphatic carbocycles. The van der Waals surface area contributed by atoms with Gasteiger partial charge in [0.1, 0.15) is 0 Å². The first kappa shape index (κ1) is 14.6. The Morgan fingerprint density at radius 1 is 1.41 bits per heavy atom. The van der Waals surface area contributed by atoms with Crippen LogP contribution in [0, 0.1) is 0 Å². The van der Waals surface area contributed by atoms with Gasteiger partial charge in [0.05, 0.1) is 4.90 Å². The number of aliphatic hydroxyl groups is 1. The molecule has 0 bridgehead atoms. The molecule has 1 unspecified atom stereocenters. The molecule has 17 heavy (non-hydrogen) atoms. The van der Waals surface area contributed by atoms with Gasteiger partial charge in [-0.2, -0.15) is 0 Å². The Balaban J connectivity index is 2.79. The van der Waals surface area contributed by atoms with Crippen molar-refractivity contribution in [3.63, 3.8) is 0 Å². The highest BCUT2D eigenvalue weighted by molar-refractivity contribution is 9.10. The van der Waals surface area contributed by atoms with Crippen molar-refractivity contribution in [1.29, 1.82) is 0 Å². The van der Waals surface area contributed by atoms with Crippen LogP contribution in [0.25, 0.3) is 0 Å². The predicted molar refractivity (Wildman–Crippen MR) is 70.2 cm³/mol. The van der Waals surface area contributed by atoms with Crippen molar-refractivity contribution >= 4 is 26.0 Å². The first-order valence-electron chi connectivity index (χ1n) is 5.35. The zero-order chi connectivity index (χ0) is 12.9. The number of hydrogen-bond donors (Lipinski definition) is 2. The molecule has 0 heterocycles. The summed E-state index contributed by atoms with van der Waals surface area (Å²) in [7, 11) is -3.50. The minimum Gasteiger partial charge on any atom is -0.396 e. The fraction of sp³-hybridized carbons (Fsp3) is 0.455. The summed E-state index contributed by atoms with van der Waals surface area (Å²) in [5.41, 5.74) is 0. The smallest absolute Gasteiger partial charge is 0.241 e. The van der Waals surface area contributed by atoms with Gasteiger partial charge >= 0.3 is 0 Å². The average Bonchev–Trinajstić information content (AvgIpc) is 2.26. The molecule has 1 aromatic rings. The molecule has 0 spiro atoms. The molecule has 6 heteroatoms. The molecule has 0 aliphatic rings. The third-order valence-electron chi connectivity index (χ3n) is 2.28. The summed E-state index contributed by atoms with van der Waals surface area (Å²) in [5.74, 6) is 0. The lowest BCUT2D eigenvalue weighted by Crippen LogP contribution is -2.32. The van der Waals surface area contributed by atoms with Crippen molar-refractivity contribution in [2.75, 3.05) is 6.61 Å². The third kappa shape index (κ3) is 4.39. The van der Waals surface area contributed by atoms with Gasteiger partial charge in [-0.15, -0.1) is 0 Å². The van der Waals surface area contributed by atoms with Crippen molar-refractivity contribution < 1.29 is 13.5 Å². The van der Waals surface area contributed by atoms with Gasteiger partial charge in [-0.25, -0.2) is 13.1 Å². The molecule has 1 atom stereocenters. The van der Waals surface area contributed by atoms with Crippen molar-refractivity contribution in [2.45, 2.75) is 30.7 Å². The molecule has 0 fully saturated rings. The summed E-state index contributed by atoms with van der Waals surface area (Å²) in [4.78, 5) is 0.232. The molecule has 0 saturated carbocycles. The van der Waals surface area contributed by atoms with Gasteiger partial charge in [0.2, 0.25) is 10.0 Å². The van der Waals surface area contributed by atoms with Gasteiger partial charge in [-0.3, -0.25) is 0 Å². The van der Waals surface area contributed by atoms with Crippen LogP contribution in [-0.2, 0) is 10.0 Å². The van der Waals surface area contributed by atoms with E-state index in [0.717, 1.165) is 0 Å². The van der Waals surface area contributed by atoms with Gasteiger partial charge in [0.15, 0.2) is 0 Å². The van der Waals surface area contributed by atoms with Crippen LogP contribution in [0.15, 0.2) is 33.6 Å². The zero-order valence-electron chi connectivity index (χ0n) is 9.56. The number of aliphatic hydroxyl groups excluding tert-OH is 1. The maximum atomic E-state index is 12.0. The Morgan fingerprint density at radius 2 is 2.06 bits per heavy atom. The van der Waals surface area contributed by atoms with Crippen molar-refractivity contribution in [2.24, 2.45) is 0 Å². The Morgan fingerprint density at radius 3 is 2.65 bits per heavy atom. The fourth-order valence-electron chi connectivity index (χ4n) is 1.45. The topological polar surface area (TPSA) is 66.4 Å². The van der Waals surface area contributed by atoms with Gasteiger partial charge in [0.25, 0.3) is 0 Å². The first-order chi connectivity index (χ1) is 7.97. The number of nitrogens with one attached hydrogen (secondary N) is 1. The highest BCUT2D eigenvalue weighted by Crippen LogP contribution is 2.21. The number of benzene rings is 1. The lowest BCUT2D eigenvalue weighted by molar-refractivity contribution is 0.279. The first-order valence-corrected chi connectivity index (χ1v) is 7.62. The predicted octanol–water partition coefficient (Wildman–Crippen LogP) is 1.89. The van der Waals surface area contributed by atoms with Crippen LogP contribution >= 0.6 is 15.9 Å². The van der Waals surface area contributed by atoms with Crippen LogP contribution in [0.5, 0.6) is 0 Å². The summed E-state index contributed by atoms with van der Waals surface area (Å²) in [6, 6.07) is 6.48. The number of hydrogen-bond acceptors (Lipinski definition) is 3. The molecule has 1 aromatic carbocycles. The van der Waals surface area contributed by atoms with Crippen LogP contribution in [0.4, 0.5) is 0 Å². The minimum atomic E-state index is -3.50. The van der Waals surface area contributed by atoms with E-state index >= 15 is 0 Å². The average molecular weight is 322 g/mol. The molecular formula is C11H16BrNO3S. The molecular weight excluding hydrogens is 306 g/mol. The van der Waals surface area contributed by atoms with E-state index in [4.69, 9.17) is 5.11 Å². The van der Waals surface area contributed by atoms with Crippen LogP contribution < -0.4 is 4.72 Å². The highest BCUT2D eigenvalue weighted by atomic mass is 79.9. The largest absolute Gasteiger partial charge is 0.396 e. The SMILES string of the molecule is CC(CCCO)NS(=O)(=O)c1ccccc1Br. The normalized spacial score (nSPS) is 13.6. The number of halogens is 1. The maximum Gasteiger partial charge on any atom is 0.241 e. The lowest BCUT2D eigenvalue weighted by Gasteiger charge is -2.14. The molecule has 4 nitrogen and oxygen atoms in total. The second-order valence-electron chi connectivity index (χ2n) is 3.82. The van der Waals surface area contributed by atoms with Crippen LogP contribution in [0.3, 0.4) is 0 Å².